The maximum Gasteiger partial charge on any atom is 0.231 e. The van der Waals surface area contributed by atoms with Gasteiger partial charge in [-0.3, -0.25) is 0 Å². The first kappa shape index (κ1) is 7.31. The fraction of sp³-hybridized carbons (Fsp3) is 0.368. The van der Waals surface area contributed by atoms with Crippen molar-refractivity contribution in [2.45, 2.75) is 12.3 Å². The molecule has 0 saturated carbocycles. The van der Waals surface area contributed by atoms with E-state index in [0.717, 1.165) is 0 Å². The monoisotopic (exact) mass is 340 g/mol. The van der Waals surface area contributed by atoms with Gasteiger partial charge >= 0.3 is 0 Å². The van der Waals surface area contributed by atoms with Gasteiger partial charge in [0.1, 0.15) is 14.3 Å². The van der Waals surface area contributed by atoms with Crippen LogP contribution in [-0.2, 0) is 0 Å². The predicted molar refractivity (Wildman–Crippen MR) is 88.2 cm³/mol. The van der Waals surface area contributed by atoms with Crippen molar-refractivity contribution in [2.24, 2.45) is 5.92 Å². The minimum atomic E-state index is -3.11. The molecule has 4 rings (SSSR count). The number of halogens is 1. The molecule has 1 unspecified atom stereocenters. The lowest BCUT2D eigenvalue weighted by Crippen LogP contribution is -2.38. The van der Waals surface area contributed by atoms with E-state index < -0.39 is 73.6 Å². The Morgan fingerprint density at radius 3 is 3.00 bits per heavy atom. The summed E-state index contributed by atoms with van der Waals surface area (Å²) in [4.78, 5) is 0. The van der Waals surface area contributed by atoms with Crippen LogP contribution in [0, 0.1) is 11.7 Å². The van der Waals surface area contributed by atoms with Gasteiger partial charge in [0.25, 0.3) is 0 Å². The Hall–Kier alpha value is -2.27. The second-order valence-electron chi connectivity index (χ2n) is 5.14. The Bertz CT molecular complexity index is 1170. The Kier molecular flexibility index (Phi) is 2.04. The molecule has 0 spiro atoms. The van der Waals surface area contributed by atoms with Crippen molar-refractivity contribution >= 4 is 0 Å². The highest BCUT2D eigenvalue weighted by Crippen LogP contribution is 2.36. The van der Waals surface area contributed by atoms with E-state index in [1.165, 1.54) is 18.2 Å². The summed E-state index contributed by atoms with van der Waals surface area (Å²) in [6.07, 6.45) is -3.11. The number of benzene rings is 2. The standard InChI is InChI=1S/C19H20FNO3/c20-15-3-1-13(2-4-15)17-7-8-21-10-14(17)11-22-16-5-6-18-19(9-16)24-12-23-18/h1-6,9,14,17,21H,7-8,10-12H2/t14-,17?/m0/s1/i1D,2D,3D,4D,7D2,8D2,12D2,17D. The molecule has 0 aliphatic carbocycles. The third-order valence-electron chi connectivity index (χ3n) is 3.58. The average Bonchev–Trinajstić information content (AvgIpc) is 3.08. The molecule has 2 aromatic rings. The zero-order chi connectivity index (χ0) is 26.1. The number of fused-ring (bicyclic) bond motifs is 1. The van der Waals surface area contributed by atoms with Crippen molar-refractivity contribution in [2.75, 3.05) is 26.4 Å². The van der Waals surface area contributed by atoms with Gasteiger partial charge in [-0.2, -0.15) is 0 Å². The normalized spacial score (nSPS) is 38.4. The lowest BCUT2D eigenvalue weighted by Gasteiger charge is -2.32. The molecule has 2 aliphatic heterocycles. The summed E-state index contributed by atoms with van der Waals surface area (Å²) in [6.45, 7) is -5.98. The molecule has 24 heavy (non-hydrogen) atoms. The predicted octanol–water partition coefficient (Wildman–Crippen LogP) is 3.33. The number of hydrogen-bond acceptors (Lipinski definition) is 4. The minimum Gasteiger partial charge on any atom is -0.493 e. The Morgan fingerprint density at radius 1 is 1.29 bits per heavy atom. The van der Waals surface area contributed by atoms with Gasteiger partial charge in [-0.15, -0.1) is 0 Å². The summed E-state index contributed by atoms with van der Waals surface area (Å²) in [7, 11) is 0. The quantitative estimate of drug-likeness (QED) is 0.927. The second-order valence-corrected chi connectivity index (χ2v) is 5.14. The largest absolute Gasteiger partial charge is 0.493 e. The third-order valence-corrected chi connectivity index (χ3v) is 3.58. The van der Waals surface area contributed by atoms with E-state index >= 15 is 0 Å². The van der Waals surface area contributed by atoms with Crippen LogP contribution in [0.5, 0.6) is 17.2 Å². The van der Waals surface area contributed by atoms with E-state index in [9.17, 15) is 4.39 Å². The smallest absolute Gasteiger partial charge is 0.231 e. The molecule has 1 fully saturated rings. The summed E-state index contributed by atoms with van der Waals surface area (Å²) in [5.41, 5.74) is -0.781. The van der Waals surface area contributed by atoms with Crippen LogP contribution in [0.25, 0.3) is 0 Å². The molecule has 0 amide bonds. The maximum absolute atomic E-state index is 14.2. The van der Waals surface area contributed by atoms with E-state index in [0.29, 0.717) is 0 Å². The van der Waals surface area contributed by atoms with Gasteiger partial charge in [0.05, 0.1) is 12.1 Å². The molecule has 2 aliphatic rings. The molecular weight excluding hydrogens is 309 g/mol. The SMILES string of the molecule is [2H]c1c([2H])c(C2([2H])[C@H](COc3ccc4c(c3)OC([2H])([2H])O4)CNC([2H])([2H])C2([2H])[2H])c([2H])c([2H])c1F. The van der Waals surface area contributed by atoms with E-state index in [1.807, 2.05) is 0 Å². The Morgan fingerprint density at radius 2 is 2.12 bits per heavy atom. The van der Waals surface area contributed by atoms with Gasteiger partial charge in [-0.25, -0.2) is 4.39 Å². The highest BCUT2D eigenvalue weighted by molar-refractivity contribution is 5.46. The maximum atomic E-state index is 14.2. The highest BCUT2D eigenvalue weighted by atomic mass is 19.1. The molecule has 4 nitrogen and oxygen atoms in total. The summed E-state index contributed by atoms with van der Waals surface area (Å²) < 4.78 is 119. The number of hydrogen-bond donors (Lipinski definition) is 1. The third kappa shape index (κ3) is 3.17. The summed E-state index contributed by atoms with van der Waals surface area (Å²) in [5, 5.41) is 2.37. The van der Waals surface area contributed by atoms with Gasteiger partial charge in [0, 0.05) is 25.4 Å². The Balaban J connectivity index is 1.75. The van der Waals surface area contributed by atoms with Crippen molar-refractivity contribution in [1.29, 1.82) is 0 Å². The molecule has 2 aromatic carbocycles. The molecule has 0 aromatic heterocycles. The van der Waals surface area contributed by atoms with Crippen LogP contribution in [0.2, 0.25) is 0 Å². The first-order valence-corrected chi connectivity index (χ1v) is 7.20. The van der Waals surface area contributed by atoms with Gasteiger partial charge in [0.15, 0.2) is 11.5 Å². The summed E-state index contributed by atoms with van der Waals surface area (Å²) in [6, 6.07) is -0.0374. The van der Waals surface area contributed by atoms with Crippen LogP contribution in [0.4, 0.5) is 4.39 Å². The number of rotatable bonds is 4. The summed E-state index contributed by atoms with van der Waals surface area (Å²) in [5.74, 6) is -5.18. The van der Waals surface area contributed by atoms with Gasteiger partial charge < -0.3 is 19.5 Å². The second kappa shape index (κ2) is 6.69. The van der Waals surface area contributed by atoms with Crippen LogP contribution >= 0.6 is 0 Å². The highest BCUT2D eigenvalue weighted by Gasteiger charge is 2.27. The topological polar surface area (TPSA) is 39.7 Å². The summed E-state index contributed by atoms with van der Waals surface area (Å²) >= 11 is 0. The first-order chi connectivity index (χ1) is 16.0. The molecule has 0 radical (unpaired) electrons. The van der Waals surface area contributed by atoms with E-state index in [1.54, 1.807) is 0 Å². The van der Waals surface area contributed by atoms with Crippen molar-refractivity contribution in [1.82, 2.24) is 5.32 Å². The molecule has 1 saturated heterocycles. The lowest BCUT2D eigenvalue weighted by molar-refractivity contribution is 0.173. The number of piperidine rings is 1. The first-order valence-electron chi connectivity index (χ1n) is 12.7. The molecule has 126 valence electrons. The van der Waals surface area contributed by atoms with Gasteiger partial charge in [0.2, 0.25) is 6.75 Å². The average molecular weight is 340 g/mol. The van der Waals surface area contributed by atoms with Crippen LogP contribution in [0.1, 0.15) is 32.9 Å². The lowest BCUT2D eigenvalue weighted by atomic mass is 9.81. The molecule has 0 bridgehead atoms. The number of nitrogens with one attached hydrogen (secondary N) is 1. The van der Waals surface area contributed by atoms with Crippen LogP contribution in [0.15, 0.2) is 42.4 Å². The number of ether oxygens (including phenoxy) is 3. The van der Waals surface area contributed by atoms with Crippen molar-refractivity contribution in [3.8, 4) is 17.2 Å². The van der Waals surface area contributed by atoms with E-state index in [4.69, 9.17) is 29.3 Å². The van der Waals surface area contributed by atoms with Gasteiger partial charge in [-0.05, 0) is 48.5 Å². The van der Waals surface area contributed by atoms with Crippen LogP contribution < -0.4 is 19.5 Å². The van der Waals surface area contributed by atoms with Crippen molar-refractivity contribution in [3.63, 3.8) is 0 Å². The van der Waals surface area contributed by atoms with Crippen molar-refractivity contribution < 1.29 is 33.7 Å². The fourth-order valence-corrected chi connectivity index (χ4v) is 2.38. The minimum absolute atomic E-state index is 0.0381. The molecule has 2 heterocycles. The molecular formula is C19H20FNO3. The molecule has 1 N–H and O–H groups in total. The molecule has 2 atom stereocenters. The van der Waals surface area contributed by atoms with E-state index in [2.05, 4.69) is 5.32 Å². The fourth-order valence-electron chi connectivity index (χ4n) is 2.38. The Labute approximate surface area is 156 Å². The molecule has 5 heteroatoms. The zero-order valence-electron chi connectivity index (χ0n) is 23.3. The van der Waals surface area contributed by atoms with Crippen LogP contribution in [0.3, 0.4) is 0 Å². The van der Waals surface area contributed by atoms with Crippen molar-refractivity contribution in [3.05, 3.63) is 53.7 Å². The zero-order valence-corrected chi connectivity index (χ0v) is 12.3. The van der Waals surface area contributed by atoms with Gasteiger partial charge in [-0.1, -0.05) is 12.1 Å². The van der Waals surface area contributed by atoms with E-state index in [-0.39, 0.29) is 23.8 Å². The van der Waals surface area contributed by atoms with Crippen LogP contribution in [-0.4, -0.2) is 26.4 Å².